The van der Waals surface area contributed by atoms with Gasteiger partial charge in [-0.15, -0.1) is 0 Å². The van der Waals surface area contributed by atoms with Crippen molar-refractivity contribution < 1.29 is 4.74 Å². The van der Waals surface area contributed by atoms with E-state index in [1.54, 1.807) is 7.11 Å². The van der Waals surface area contributed by atoms with Gasteiger partial charge in [0, 0.05) is 15.6 Å². The van der Waals surface area contributed by atoms with Crippen LogP contribution in [0.5, 0.6) is 5.75 Å². The largest absolute Gasteiger partial charge is 0.495 e. The molecular weight excluding hydrogens is 373 g/mol. The summed E-state index contributed by atoms with van der Waals surface area (Å²) in [7, 11) is 3.54. The third-order valence-corrected chi connectivity index (χ3v) is 4.26. The first-order valence-electron chi connectivity index (χ1n) is 6.43. The zero-order valence-corrected chi connectivity index (χ0v) is 15.1. The minimum absolute atomic E-state index is 0.0626. The van der Waals surface area contributed by atoms with E-state index in [1.807, 2.05) is 38.2 Å². The van der Waals surface area contributed by atoms with Crippen LogP contribution in [0.2, 0.25) is 10.0 Å². The maximum Gasteiger partial charge on any atom is 0.138 e. The van der Waals surface area contributed by atoms with Crippen molar-refractivity contribution in [1.29, 1.82) is 0 Å². The number of methoxy groups -OCH3 is 1. The maximum absolute atomic E-state index is 6.19. The molecule has 0 amide bonds. The van der Waals surface area contributed by atoms with E-state index in [9.17, 15) is 0 Å². The maximum atomic E-state index is 6.19. The van der Waals surface area contributed by atoms with Crippen molar-refractivity contribution in [1.82, 2.24) is 5.32 Å². The highest BCUT2D eigenvalue weighted by molar-refractivity contribution is 9.10. The van der Waals surface area contributed by atoms with Gasteiger partial charge in [-0.25, -0.2) is 0 Å². The highest BCUT2D eigenvalue weighted by Crippen LogP contribution is 2.38. The van der Waals surface area contributed by atoms with Gasteiger partial charge in [0.2, 0.25) is 0 Å². The lowest BCUT2D eigenvalue weighted by Gasteiger charge is -2.22. The molecule has 21 heavy (non-hydrogen) atoms. The van der Waals surface area contributed by atoms with Crippen molar-refractivity contribution in [3.63, 3.8) is 0 Å². The zero-order valence-electron chi connectivity index (χ0n) is 12.0. The lowest BCUT2D eigenvalue weighted by molar-refractivity contribution is 0.402. The first-order chi connectivity index (χ1) is 9.96. The average Bonchev–Trinajstić information content (AvgIpc) is 2.38. The second-order valence-corrected chi connectivity index (χ2v) is 6.52. The third kappa shape index (κ3) is 3.72. The van der Waals surface area contributed by atoms with Crippen LogP contribution in [0.25, 0.3) is 0 Å². The minimum atomic E-state index is -0.0626. The number of hydrogen-bond donors (Lipinski definition) is 1. The number of aryl methyl sites for hydroxylation is 1. The Morgan fingerprint density at radius 2 is 1.76 bits per heavy atom. The molecular formula is C16H16BrCl2NO. The number of nitrogens with one attached hydrogen (secondary N) is 1. The molecule has 1 unspecified atom stereocenters. The van der Waals surface area contributed by atoms with Gasteiger partial charge in [-0.1, -0.05) is 29.3 Å². The highest BCUT2D eigenvalue weighted by atomic mass is 79.9. The summed E-state index contributed by atoms with van der Waals surface area (Å²) in [5.74, 6) is 0.761. The molecule has 2 nitrogen and oxygen atoms in total. The molecule has 1 atom stereocenters. The van der Waals surface area contributed by atoms with Crippen LogP contribution in [0.3, 0.4) is 0 Å². The molecule has 0 fully saturated rings. The number of halogens is 3. The molecule has 2 aromatic rings. The van der Waals surface area contributed by atoms with E-state index in [0.29, 0.717) is 10.0 Å². The van der Waals surface area contributed by atoms with Gasteiger partial charge in [0.15, 0.2) is 0 Å². The molecule has 0 saturated heterocycles. The molecule has 0 saturated carbocycles. The topological polar surface area (TPSA) is 21.3 Å². The predicted molar refractivity (Wildman–Crippen MR) is 92.8 cm³/mol. The fourth-order valence-corrected chi connectivity index (χ4v) is 3.74. The van der Waals surface area contributed by atoms with Crippen LogP contribution in [0.15, 0.2) is 34.8 Å². The Kier molecular flexibility index (Phi) is 5.55. The number of benzene rings is 2. The van der Waals surface area contributed by atoms with Crippen LogP contribution >= 0.6 is 39.1 Å². The van der Waals surface area contributed by atoms with Gasteiger partial charge in [-0.3, -0.25) is 0 Å². The van der Waals surface area contributed by atoms with Gasteiger partial charge >= 0.3 is 0 Å². The van der Waals surface area contributed by atoms with Gasteiger partial charge in [0.25, 0.3) is 0 Å². The Morgan fingerprint density at radius 1 is 1.10 bits per heavy atom. The second-order valence-electron chi connectivity index (χ2n) is 4.79. The van der Waals surface area contributed by atoms with Crippen LogP contribution in [-0.4, -0.2) is 14.2 Å². The average molecular weight is 389 g/mol. The summed E-state index contributed by atoms with van der Waals surface area (Å²) in [4.78, 5) is 0. The fourth-order valence-electron chi connectivity index (χ4n) is 2.44. The van der Waals surface area contributed by atoms with E-state index in [0.717, 1.165) is 26.9 Å². The van der Waals surface area contributed by atoms with E-state index < -0.39 is 0 Å². The number of ether oxygens (including phenoxy) is 1. The molecule has 0 aliphatic rings. The van der Waals surface area contributed by atoms with Crippen molar-refractivity contribution in [3.8, 4) is 5.75 Å². The Labute approximate surface area is 143 Å². The summed E-state index contributed by atoms with van der Waals surface area (Å²) in [5, 5.41) is 4.66. The van der Waals surface area contributed by atoms with Gasteiger partial charge in [0.1, 0.15) is 5.75 Å². The first-order valence-corrected chi connectivity index (χ1v) is 7.98. The van der Waals surface area contributed by atoms with Crippen molar-refractivity contribution in [2.75, 3.05) is 14.2 Å². The molecule has 112 valence electrons. The summed E-state index contributed by atoms with van der Waals surface area (Å²) in [5.41, 5.74) is 3.13. The summed E-state index contributed by atoms with van der Waals surface area (Å²) in [6.45, 7) is 2.02. The van der Waals surface area contributed by atoms with Gasteiger partial charge in [-0.05, 0) is 65.3 Å². The number of hydrogen-bond acceptors (Lipinski definition) is 2. The molecule has 0 spiro atoms. The third-order valence-electron chi connectivity index (χ3n) is 3.24. The summed E-state index contributed by atoms with van der Waals surface area (Å²) in [6, 6.07) is 9.64. The summed E-state index contributed by atoms with van der Waals surface area (Å²) in [6.07, 6.45) is 0. The van der Waals surface area contributed by atoms with Gasteiger partial charge in [0.05, 0.1) is 17.6 Å². The Morgan fingerprint density at radius 3 is 2.33 bits per heavy atom. The van der Waals surface area contributed by atoms with Crippen molar-refractivity contribution in [2.24, 2.45) is 0 Å². The summed E-state index contributed by atoms with van der Waals surface area (Å²) < 4.78 is 6.34. The van der Waals surface area contributed by atoms with E-state index in [1.165, 1.54) is 0 Å². The first kappa shape index (κ1) is 16.6. The Balaban J connectivity index is 2.61. The van der Waals surface area contributed by atoms with E-state index in [4.69, 9.17) is 27.9 Å². The van der Waals surface area contributed by atoms with Crippen molar-refractivity contribution >= 4 is 39.1 Å². The van der Waals surface area contributed by atoms with Gasteiger partial charge < -0.3 is 10.1 Å². The van der Waals surface area contributed by atoms with Crippen molar-refractivity contribution in [3.05, 3.63) is 61.5 Å². The molecule has 2 rings (SSSR count). The van der Waals surface area contributed by atoms with E-state index >= 15 is 0 Å². The van der Waals surface area contributed by atoms with E-state index in [-0.39, 0.29) is 6.04 Å². The molecule has 0 heterocycles. The molecule has 0 aliphatic carbocycles. The monoisotopic (exact) mass is 387 g/mol. The normalized spacial score (nSPS) is 12.3. The van der Waals surface area contributed by atoms with Crippen molar-refractivity contribution in [2.45, 2.75) is 13.0 Å². The second kappa shape index (κ2) is 7.01. The highest BCUT2D eigenvalue weighted by Gasteiger charge is 2.20. The smallest absolute Gasteiger partial charge is 0.138 e. The Bertz CT molecular complexity index is 641. The molecule has 0 aliphatic heterocycles. The minimum Gasteiger partial charge on any atom is -0.495 e. The lowest BCUT2D eigenvalue weighted by atomic mass is 9.96. The molecule has 0 bridgehead atoms. The van der Waals surface area contributed by atoms with Crippen LogP contribution in [-0.2, 0) is 0 Å². The molecule has 0 aromatic heterocycles. The van der Waals surface area contributed by atoms with Crippen LogP contribution in [0, 0.1) is 6.92 Å². The standard InChI is InChI=1S/C16H16BrCl2NO/c1-9-4-10(6-11(18)5-9)15(20-2)13-7-12(19)8-14(17)16(13)21-3/h4-8,15,20H,1-3H3. The fraction of sp³-hybridized carbons (Fsp3) is 0.250. The van der Waals surface area contributed by atoms with E-state index in [2.05, 4.69) is 27.3 Å². The number of rotatable bonds is 4. The van der Waals surface area contributed by atoms with Gasteiger partial charge in [-0.2, -0.15) is 0 Å². The lowest BCUT2D eigenvalue weighted by Crippen LogP contribution is -2.19. The van der Waals surface area contributed by atoms with Crippen LogP contribution in [0.1, 0.15) is 22.7 Å². The summed E-state index contributed by atoms with van der Waals surface area (Å²) >= 11 is 15.9. The SMILES string of the molecule is CNC(c1cc(C)cc(Cl)c1)c1cc(Cl)cc(Br)c1OC. The van der Waals surface area contributed by atoms with Crippen LogP contribution in [0.4, 0.5) is 0 Å². The quantitative estimate of drug-likeness (QED) is 0.758. The molecule has 2 aromatic carbocycles. The molecule has 5 heteroatoms. The van der Waals surface area contributed by atoms with Crippen LogP contribution < -0.4 is 10.1 Å². The Hall–Kier alpha value is -0.740. The molecule has 0 radical (unpaired) electrons. The zero-order chi connectivity index (χ0) is 15.6. The predicted octanol–water partition coefficient (Wildman–Crippen LogP) is 5.38. The molecule has 1 N–H and O–H groups in total.